The summed E-state index contributed by atoms with van der Waals surface area (Å²) in [5.74, 6) is 0.316. The van der Waals surface area contributed by atoms with Crippen molar-refractivity contribution in [1.82, 2.24) is 10.3 Å². The minimum Gasteiger partial charge on any atom is -0.437 e. The molecule has 4 heterocycles. The van der Waals surface area contributed by atoms with Gasteiger partial charge in [-0.1, -0.05) is 43.8 Å². The van der Waals surface area contributed by atoms with Crippen LogP contribution in [0.1, 0.15) is 60.2 Å². The van der Waals surface area contributed by atoms with Crippen LogP contribution in [-0.2, 0) is 12.8 Å². The lowest BCUT2D eigenvalue weighted by atomic mass is 9.78. The fourth-order valence-corrected chi connectivity index (χ4v) is 6.38. The van der Waals surface area contributed by atoms with E-state index in [2.05, 4.69) is 114 Å². The largest absolute Gasteiger partial charge is 0.437 e. The van der Waals surface area contributed by atoms with E-state index >= 15 is 0 Å². The van der Waals surface area contributed by atoms with Crippen LogP contribution in [0.2, 0.25) is 0 Å². The number of hydrogen-bond acceptors (Lipinski definition) is 3. The minimum atomic E-state index is 0.192. The highest BCUT2D eigenvalue weighted by atomic mass is 16.3. The molecular weight excluding hydrogens is 478 g/mol. The number of benzene rings is 2. The first-order chi connectivity index (χ1) is 19.1. The predicted octanol–water partition coefficient (Wildman–Crippen LogP) is 7.84. The van der Waals surface area contributed by atoms with Gasteiger partial charge >= 0.3 is 0 Å². The van der Waals surface area contributed by atoms with E-state index in [-0.39, 0.29) is 6.04 Å². The molecule has 0 aliphatic carbocycles. The summed E-state index contributed by atoms with van der Waals surface area (Å²) >= 11 is 0. The number of fused-ring (bicyclic) bond motifs is 6. The molecule has 1 aliphatic heterocycles. The van der Waals surface area contributed by atoms with Gasteiger partial charge in [-0.05, 0) is 80.1 Å². The number of nitrogens with zero attached hydrogens (tertiary/aromatic N) is 2. The van der Waals surface area contributed by atoms with E-state index in [4.69, 9.17) is 4.42 Å². The van der Waals surface area contributed by atoms with E-state index in [9.17, 15) is 0 Å². The molecule has 0 bridgehead atoms. The van der Waals surface area contributed by atoms with E-state index in [1.54, 1.807) is 0 Å². The van der Waals surface area contributed by atoms with Gasteiger partial charge in [-0.2, -0.15) is 4.57 Å². The van der Waals surface area contributed by atoms with E-state index in [1.807, 2.05) is 14.0 Å². The minimum absolute atomic E-state index is 0.192. The van der Waals surface area contributed by atoms with Crippen molar-refractivity contribution in [2.75, 3.05) is 7.05 Å². The topological polar surface area (TPSA) is 41.9 Å². The molecule has 0 spiro atoms. The lowest BCUT2D eigenvalue weighted by Gasteiger charge is -2.29. The molecule has 39 heavy (non-hydrogen) atoms. The van der Waals surface area contributed by atoms with Gasteiger partial charge in [0.05, 0.1) is 5.92 Å². The first kappa shape index (κ1) is 25.1. The Hall–Kier alpha value is -4.18. The van der Waals surface area contributed by atoms with Crippen molar-refractivity contribution in [3.05, 3.63) is 114 Å². The number of allylic oxidation sites excluding steroid dienone is 2. The molecule has 0 saturated heterocycles. The monoisotopic (exact) mass is 514 g/mol. The zero-order valence-electron chi connectivity index (χ0n) is 23.3. The summed E-state index contributed by atoms with van der Waals surface area (Å²) in [5, 5.41) is 5.58. The van der Waals surface area contributed by atoms with Crippen LogP contribution < -0.4 is 9.88 Å². The molecule has 1 N–H and O–H groups in total. The van der Waals surface area contributed by atoms with Gasteiger partial charge in [-0.3, -0.25) is 0 Å². The predicted molar refractivity (Wildman–Crippen MR) is 161 cm³/mol. The number of pyridine rings is 2. The summed E-state index contributed by atoms with van der Waals surface area (Å²) in [6.45, 7) is 10.6. The van der Waals surface area contributed by atoms with Gasteiger partial charge in [0.25, 0.3) is 0 Å². The Labute approximate surface area is 230 Å². The average Bonchev–Trinajstić information content (AvgIpc) is 3.34. The Bertz CT molecular complexity index is 1740. The van der Waals surface area contributed by atoms with Gasteiger partial charge in [0.2, 0.25) is 11.4 Å². The molecule has 4 nitrogen and oxygen atoms in total. The first-order valence-corrected chi connectivity index (χ1v) is 14.0. The third-order valence-electron chi connectivity index (χ3n) is 8.35. The van der Waals surface area contributed by atoms with Crippen LogP contribution >= 0.6 is 0 Å². The quantitative estimate of drug-likeness (QED) is 0.178. The second-order valence-corrected chi connectivity index (χ2v) is 10.5. The van der Waals surface area contributed by atoms with Crippen molar-refractivity contribution >= 4 is 27.8 Å². The summed E-state index contributed by atoms with van der Waals surface area (Å²) in [5.41, 5.74) is 11.4. The third kappa shape index (κ3) is 4.15. The average molecular weight is 515 g/mol. The van der Waals surface area contributed by atoms with Gasteiger partial charge in [0, 0.05) is 52.5 Å². The van der Waals surface area contributed by atoms with Crippen LogP contribution in [-0.4, -0.2) is 12.0 Å². The molecule has 0 saturated carbocycles. The molecule has 196 valence electrons. The molecule has 5 aromatic rings. The number of furan rings is 1. The molecular formula is C35H36N3O+. The van der Waals surface area contributed by atoms with Crippen molar-refractivity contribution in [2.24, 2.45) is 0 Å². The van der Waals surface area contributed by atoms with Gasteiger partial charge in [-0.25, -0.2) is 4.98 Å². The van der Waals surface area contributed by atoms with E-state index in [0.717, 1.165) is 52.6 Å². The van der Waals surface area contributed by atoms with Crippen molar-refractivity contribution in [3.8, 4) is 11.3 Å². The molecule has 6 rings (SSSR count). The van der Waals surface area contributed by atoms with Gasteiger partial charge in [0.15, 0.2) is 12.2 Å². The van der Waals surface area contributed by atoms with Crippen molar-refractivity contribution < 1.29 is 8.98 Å². The van der Waals surface area contributed by atoms with Crippen LogP contribution in [0.25, 0.3) is 39.0 Å². The zero-order chi connectivity index (χ0) is 27.1. The molecule has 0 amide bonds. The Balaban J connectivity index is 1.47. The molecule has 0 radical (unpaired) electrons. The lowest BCUT2D eigenvalue weighted by Crippen LogP contribution is -2.46. The van der Waals surface area contributed by atoms with Crippen LogP contribution in [0.15, 0.2) is 90.0 Å². The van der Waals surface area contributed by atoms with Crippen LogP contribution in [0.5, 0.6) is 0 Å². The van der Waals surface area contributed by atoms with E-state index < -0.39 is 0 Å². The van der Waals surface area contributed by atoms with E-state index in [0.29, 0.717) is 11.6 Å². The summed E-state index contributed by atoms with van der Waals surface area (Å²) in [7, 11) is 1.98. The SMILES string of the molecule is C=CC1C(CCc2ccc3c(oc4nc(C)ccc43)c2/C(=C/C)NC)c2cc(CC)ccc2-c2cccc[n+]21. The Morgan fingerprint density at radius 3 is 2.72 bits per heavy atom. The van der Waals surface area contributed by atoms with Gasteiger partial charge in [-0.15, -0.1) is 0 Å². The maximum Gasteiger partial charge on any atom is 0.227 e. The van der Waals surface area contributed by atoms with Crippen LogP contribution in [0.4, 0.5) is 0 Å². The fraction of sp³-hybridized carbons (Fsp3) is 0.257. The molecule has 2 aromatic carbocycles. The summed E-state index contributed by atoms with van der Waals surface area (Å²) < 4.78 is 8.84. The van der Waals surface area contributed by atoms with E-state index in [1.165, 1.54) is 27.9 Å². The summed E-state index contributed by atoms with van der Waals surface area (Å²) in [4.78, 5) is 4.68. The lowest BCUT2D eigenvalue weighted by molar-refractivity contribution is -0.707. The normalized spacial score (nSPS) is 16.8. The highest BCUT2D eigenvalue weighted by molar-refractivity contribution is 6.07. The summed E-state index contributed by atoms with van der Waals surface area (Å²) in [6.07, 6.45) is 9.40. The number of aryl methyl sites for hydroxylation is 3. The van der Waals surface area contributed by atoms with Crippen molar-refractivity contribution in [3.63, 3.8) is 0 Å². The summed E-state index contributed by atoms with van der Waals surface area (Å²) in [6, 6.07) is 22.3. The van der Waals surface area contributed by atoms with Gasteiger partial charge < -0.3 is 9.73 Å². The second-order valence-electron chi connectivity index (χ2n) is 10.5. The highest BCUT2D eigenvalue weighted by Gasteiger charge is 2.38. The Morgan fingerprint density at radius 1 is 1.10 bits per heavy atom. The van der Waals surface area contributed by atoms with Crippen molar-refractivity contribution in [1.29, 1.82) is 0 Å². The van der Waals surface area contributed by atoms with Crippen molar-refractivity contribution in [2.45, 2.75) is 52.0 Å². The Morgan fingerprint density at radius 2 is 1.95 bits per heavy atom. The first-order valence-electron chi connectivity index (χ1n) is 14.0. The zero-order valence-corrected chi connectivity index (χ0v) is 23.3. The fourth-order valence-electron chi connectivity index (χ4n) is 6.38. The second kappa shape index (κ2) is 10.2. The third-order valence-corrected chi connectivity index (χ3v) is 8.35. The number of aromatic nitrogens is 2. The molecule has 0 fully saturated rings. The van der Waals surface area contributed by atoms with Crippen LogP contribution in [0.3, 0.4) is 0 Å². The maximum atomic E-state index is 6.44. The molecule has 4 heteroatoms. The Kier molecular flexibility index (Phi) is 6.56. The standard InChI is InChI=1S/C35H36N3O/c1-6-23-13-17-26-29(21-23)25(31(8-3)38-20-10-9-11-32(26)38)18-14-24-15-19-27-28-16-12-22(4)37-35(28)39-34(27)33(24)30(7-2)36-5/h7-13,15-17,19-21,25,31,36H,3,6,14,18H2,1-2,4-5H3/q+1/b30-7-. The smallest absolute Gasteiger partial charge is 0.227 e. The number of hydrogen-bond donors (Lipinski definition) is 1. The number of nitrogens with one attached hydrogen (secondary N) is 1. The molecule has 1 aliphatic rings. The number of rotatable bonds is 7. The highest BCUT2D eigenvalue weighted by Crippen LogP contribution is 2.42. The molecule has 3 aromatic heterocycles. The van der Waals surface area contributed by atoms with Crippen LogP contribution in [0, 0.1) is 6.92 Å². The molecule has 2 atom stereocenters. The maximum absolute atomic E-state index is 6.44. The van der Waals surface area contributed by atoms with Gasteiger partial charge in [0.1, 0.15) is 5.58 Å². The molecule has 2 unspecified atom stereocenters.